The van der Waals surface area contributed by atoms with Crippen molar-refractivity contribution < 1.29 is 5.11 Å². The molecule has 1 atom stereocenters. The van der Waals surface area contributed by atoms with Crippen molar-refractivity contribution in [3.05, 3.63) is 12.2 Å². The van der Waals surface area contributed by atoms with E-state index in [1.165, 1.54) is 25.7 Å². The summed E-state index contributed by atoms with van der Waals surface area (Å²) in [5, 5.41) is 9.40. The lowest BCUT2D eigenvalue weighted by atomic mass is 10.0. The van der Waals surface area contributed by atoms with Crippen LogP contribution in [0.4, 0.5) is 0 Å². The van der Waals surface area contributed by atoms with Crippen molar-refractivity contribution in [2.24, 2.45) is 0 Å². The van der Waals surface area contributed by atoms with Crippen LogP contribution in [-0.4, -0.2) is 11.2 Å². The summed E-state index contributed by atoms with van der Waals surface area (Å²) in [6.07, 6.45) is 12.4. The summed E-state index contributed by atoms with van der Waals surface area (Å²) in [4.78, 5) is 0. The Kier molecular flexibility index (Phi) is 4.29. The minimum atomic E-state index is -0.0438. The largest absolute Gasteiger partial charge is 0.393 e. The van der Waals surface area contributed by atoms with Crippen LogP contribution in [-0.2, 0) is 0 Å². The first-order valence-corrected chi connectivity index (χ1v) is 4.72. The van der Waals surface area contributed by atoms with Crippen LogP contribution >= 0.6 is 0 Å². The second kappa shape index (κ2) is 5.36. The van der Waals surface area contributed by atoms with E-state index in [2.05, 4.69) is 12.2 Å². The highest BCUT2D eigenvalue weighted by atomic mass is 16.3. The molecule has 0 amide bonds. The average Bonchev–Trinajstić information content (AvgIpc) is 2.03. The lowest BCUT2D eigenvalue weighted by Crippen LogP contribution is -2.05. The van der Waals surface area contributed by atoms with Gasteiger partial charge in [0.1, 0.15) is 0 Å². The first-order chi connectivity index (χ1) is 5.39. The van der Waals surface area contributed by atoms with E-state index in [0.29, 0.717) is 0 Å². The van der Waals surface area contributed by atoms with Gasteiger partial charge in [-0.2, -0.15) is 0 Å². The second-order valence-electron chi connectivity index (χ2n) is 3.34. The molecule has 0 aromatic heterocycles. The number of rotatable bonds is 0. The molecule has 0 saturated carbocycles. The van der Waals surface area contributed by atoms with Crippen LogP contribution in [0, 0.1) is 0 Å². The molecule has 1 aliphatic rings. The molecular formula is C10H18O. The van der Waals surface area contributed by atoms with Gasteiger partial charge in [-0.1, -0.05) is 25.0 Å². The molecule has 1 N–H and O–H groups in total. The highest BCUT2D eigenvalue weighted by Gasteiger charge is 2.02. The molecule has 64 valence electrons. The van der Waals surface area contributed by atoms with Gasteiger partial charge in [-0.15, -0.1) is 0 Å². The Hall–Kier alpha value is -0.300. The van der Waals surface area contributed by atoms with Crippen LogP contribution in [0.3, 0.4) is 0 Å². The Morgan fingerprint density at radius 2 is 1.73 bits per heavy atom. The van der Waals surface area contributed by atoms with E-state index in [4.69, 9.17) is 0 Å². The molecule has 0 fully saturated rings. The molecule has 0 radical (unpaired) electrons. The van der Waals surface area contributed by atoms with Gasteiger partial charge in [-0.3, -0.25) is 0 Å². The normalized spacial score (nSPS) is 28.3. The molecule has 0 spiro atoms. The number of hydrogen-bond donors (Lipinski definition) is 1. The van der Waals surface area contributed by atoms with E-state index in [9.17, 15) is 5.11 Å². The van der Waals surface area contributed by atoms with E-state index < -0.39 is 0 Å². The maximum Gasteiger partial charge on any atom is 0.0543 e. The van der Waals surface area contributed by atoms with Crippen LogP contribution < -0.4 is 0 Å². The maximum absolute atomic E-state index is 9.40. The third kappa shape index (κ3) is 4.20. The summed E-state index contributed by atoms with van der Waals surface area (Å²) in [5.74, 6) is 0. The van der Waals surface area contributed by atoms with Gasteiger partial charge in [0.2, 0.25) is 0 Å². The molecule has 0 heterocycles. The summed E-state index contributed by atoms with van der Waals surface area (Å²) in [6.45, 7) is 0. The summed E-state index contributed by atoms with van der Waals surface area (Å²) < 4.78 is 0. The molecular weight excluding hydrogens is 136 g/mol. The highest BCUT2D eigenvalue weighted by molar-refractivity contribution is 4.83. The monoisotopic (exact) mass is 154 g/mol. The standard InChI is InChI=1S/C10H18O/c11-10-8-6-4-2-1-3-5-7-9-10/h2,4,10-11H,1,3,5-9H2. The lowest BCUT2D eigenvalue weighted by molar-refractivity contribution is 0.151. The first kappa shape index (κ1) is 8.79. The predicted octanol–water partition coefficient (Wildman–Crippen LogP) is 2.65. The van der Waals surface area contributed by atoms with Crippen LogP contribution in [0.1, 0.15) is 44.9 Å². The fraction of sp³-hybridized carbons (Fsp3) is 0.800. The zero-order valence-corrected chi connectivity index (χ0v) is 7.13. The molecule has 0 aromatic rings. The maximum atomic E-state index is 9.40. The highest BCUT2D eigenvalue weighted by Crippen LogP contribution is 2.12. The van der Waals surface area contributed by atoms with E-state index in [1.807, 2.05) is 0 Å². The lowest BCUT2D eigenvalue weighted by Gasteiger charge is -2.09. The Balaban J connectivity index is 2.24. The SMILES string of the molecule is OC1CCC=CCCCCC1. The van der Waals surface area contributed by atoms with Crippen molar-refractivity contribution in [1.29, 1.82) is 0 Å². The van der Waals surface area contributed by atoms with Crippen molar-refractivity contribution in [3.8, 4) is 0 Å². The summed E-state index contributed by atoms with van der Waals surface area (Å²) in [7, 11) is 0. The van der Waals surface area contributed by atoms with Crippen LogP contribution in [0.25, 0.3) is 0 Å². The van der Waals surface area contributed by atoms with Gasteiger partial charge in [0.15, 0.2) is 0 Å². The number of aliphatic hydroxyl groups excluding tert-OH is 1. The number of hydrogen-bond acceptors (Lipinski definition) is 1. The van der Waals surface area contributed by atoms with E-state index in [0.717, 1.165) is 19.3 Å². The zero-order chi connectivity index (χ0) is 7.94. The van der Waals surface area contributed by atoms with Gasteiger partial charge >= 0.3 is 0 Å². The van der Waals surface area contributed by atoms with Gasteiger partial charge in [0.05, 0.1) is 6.10 Å². The smallest absolute Gasteiger partial charge is 0.0543 e. The quantitative estimate of drug-likeness (QED) is 0.532. The van der Waals surface area contributed by atoms with Gasteiger partial charge in [-0.05, 0) is 32.1 Å². The molecule has 1 unspecified atom stereocenters. The second-order valence-corrected chi connectivity index (χ2v) is 3.34. The Bertz CT molecular complexity index is 118. The van der Waals surface area contributed by atoms with Gasteiger partial charge in [-0.25, -0.2) is 0 Å². The Morgan fingerprint density at radius 1 is 0.909 bits per heavy atom. The van der Waals surface area contributed by atoms with Crippen molar-refractivity contribution >= 4 is 0 Å². The third-order valence-corrected chi connectivity index (χ3v) is 2.24. The average molecular weight is 154 g/mol. The fourth-order valence-electron chi connectivity index (χ4n) is 1.49. The van der Waals surface area contributed by atoms with E-state index in [-0.39, 0.29) is 6.10 Å². The van der Waals surface area contributed by atoms with Gasteiger partial charge < -0.3 is 5.11 Å². The molecule has 11 heavy (non-hydrogen) atoms. The van der Waals surface area contributed by atoms with Crippen LogP contribution in [0.15, 0.2) is 12.2 Å². The zero-order valence-electron chi connectivity index (χ0n) is 7.13. The topological polar surface area (TPSA) is 20.2 Å². The summed E-state index contributed by atoms with van der Waals surface area (Å²) >= 11 is 0. The Labute approximate surface area is 69.1 Å². The number of aliphatic hydroxyl groups is 1. The number of allylic oxidation sites excluding steroid dienone is 2. The van der Waals surface area contributed by atoms with Crippen molar-refractivity contribution in [3.63, 3.8) is 0 Å². The van der Waals surface area contributed by atoms with Crippen molar-refractivity contribution in [2.45, 2.75) is 51.0 Å². The molecule has 1 rings (SSSR count). The minimum Gasteiger partial charge on any atom is -0.393 e. The summed E-state index contributed by atoms with van der Waals surface area (Å²) in [6, 6.07) is 0. The van der Waals surface area contributed by atoms with Gasteiger partial charge in [0.25, 0.3) is 0 Å². The summed E-state index contributed by atoms with van der Waals surface area (Å²) in [5.41, 5.74) is 0. The fourth-order valence-corrected chi connectivity index (χ4v) is 1.49. The molecule has 0 bridgehead atoms. The van der Waals surface area contributed by atoms with Crippen LogP contribution in [0.5, 0.6) is 0 Å². The van der Waals surface area contributed by atoms with E-state index in [1.54, 1.807) is 0 Å². The molecule has 0 aromatic carbocycles. The predicted molar refractivity (Wildman–Crippen MR) is 47.5 cm³/mol. The molecule has 1 heteroatoms. The van der Waals surface area contributed by atoms with E-state index >= 15 is 0 Å². The molecule has 1 aliphatic carbocycles. The van der Waals surface area contributed by atoms with Gasteiger partial charge in [0, 0.05) is 0 Å². The molecule has 0 aliphatic heterocycles. The van der Waals surface area contributed by atoms with Crippen LogP contribution in [0.2, 0.25) is 0 Å². The third-order valence-electron chi connectivity index (χ3n) is 2.24. The minimum absolute atomic E-state index is 0.0438. The Morgan fingerprint density at radius 3 is 2.64 bits per heavy atom. The molecule has 0 saturated heterocycles. The molecule has 1 nitrogen and oxygen atoms in total. The van der Waals surface area contributed by atoms with Crippen molar-refractivity contribution in [2.75, 3.05) is 0 Å². The first-order valence-electron chi connectivity index (χ1n) is 4.72. The van der Waals surface area contributed by atoms with Crippen molar-refractivity contribution in [1.82, 2.24) is 0 Å².